The van der Waals surface area contributed by atoms with Crippen LogP contribution in [-0.2, 0) is 10.9 Å². The number of aromatic nitrogens is 5. The van der Waals surface area contributed by atoms with E-state index in [2.05, 4.69) is 25.4 Å². The number of nitrogens with zero attached hydrogens (tertiary/aromatic N) is 5. The van der Waals surface area contributed by atoms with E-state index in [-0.39, 0.29) is 45.6 Å². The van der Waals surface area contributed by atoms with E-state index in [1.54, 1.807) is 12.1 Å². The molecule has 0 aliphatic rings. The van der Waals surface area contributed by atoms with Crippen LogP contribution >= 0.6 is 0 Å². The Morgan fingerprint density at radius 2 is 1.84 bits per heavy atom. The minimum atomic E-state index is -4.70. The fourth-order valence-corrected chi connectivity index (χ4v) is 3.52. The molecule has 0 unspecified atom stereocenters. The number of hydrogen-bond donors (Lipinski definition) is 2. The molecule has 0 radical (unpaired) electrons. The van der Waals surface area contributed by atoms with Crippen LogP contribution in [0, 0.1) is 6.92 Å². The van der Waals surface area contributed by atoms with E-state index in [1.165, 1.54) is 51.7 Å². The summed E-state index contributed by atoms with van der Waals surface area (Å²) in [6.45, 7) is 1.43. The molecule has 14 heteroatoms. The lowest BCUT2D eigenvalue weighted by Gasteiger charge is -2.14. The van der Waals surface area contributed by atoms with Gasteiger partial charge in [-0.1, -0.05) is 6.07 Å². The van der Waals surface area contributed by atoms with E-state index in [0.717, 1.165) is 10.7 Å². The minimum Gasteiger partial charge on any atom is -0.480 e. The highest BCUT2D eigenvalue weighted by Gasteiger charge is 2.35. The zero-order valence-corrected chi connectivity index (χ0v) is 20.2. The van der Waals surface area contributed by atoms with Gasteiger partial charge in [0, 0.05) is 40.5 Å². The number of carbonyl (C=O) groups is 2. The first-order valence-electron chi connectivity index (χ1n) is 10.8. The van der Waals surface area contributed by atoms with E-state index in [1.807, 2.05) is 0 Å². The smallest absolute Gasteiger partial charge is 0.435 e. The third-order valence-electron chi connectivity index (χ3n) is 5.31. The van der Waals surface area contributed by atoms with Gasteiger partial charge >= 0.3 is 12.1 Å². The van der Waals surface area contributed by atoms with Gasteiger partial charge < -0.3 is 20.5 Å². The second-order valence-electron chi connectivity index (χ2n) is 7.85. The van der Waals surface area contributed by atoms with Gasteiger partial charge in [0.2, 0.25) is 17.7 Å². The summed E-state index contributed by atoms with van der Waals surface area (Å²) in [5.41, 5.74) is 5.46. The van der Waals surface area contributed by atoms with Gasteiger partial charge in [-0.25, -0.2) is 19.4 Å². The molecule has 0 aliphatic carbocycles. The molecule has 1 aromatic carbocycles. The van der Waals surface area contributed by atoms with E-state index in [9.17, 15) is 22.8 Å². The van der Waals surface area contributed by atoms with E-state index in [4.69, 9.17) is 15.2 Å². The van der Waals surface area contributed by atoms with Crippen molar-refractivity contribution in [3.63, 3.8) is 0 Å². The standard InChI is InChI=1S/C24H20F3N7O4/c1-12-7-18(24(25,26)27)33-34(12)20-17(14-9-16(22(36)38-3)21(37-2)29-10-14)11-30-23(32-20)31-15-6-4-5-13(8-15)19(28)35/h4-11H,1-3H3,(H2,28,35)(H,30,31,32). The zero-order chi connectivity index (χ0) is 27.6. The third-order valence-corrected chi connectivity index (χ3v) is 5.31. The van der Waals surface area contributed by atoms with E-state index < -0.39 is 23.7 Å². The highest BCUT2D eigenvalue weighted by molar-refractivity contribution is 5.94. The number of hydrogen-bond acceptors (Lipinski definition) is 9. The number of benzene rings is 1. The number of halogens is 3. The molecule has 4 rings (SSSR count). The molecule has 0 saturated carbocycles. The lowest BCUT2D eigenvalue weighted by Crippen LogP contribution is -2.12. The van der Waals surface area contributed by atoms with Crippen molar-refractivity contribution in [3.05, 3.63) is 71.3 Å². The average Bonchev–Trinajstić information content (AvgIpc) is 3.30. The number of alkyl halides is 3. The van der Waals surface area contributed by atoms with E-state index >= 15 is 0 Å². The van der Waals surface area contributed by atoms with Gasteiger partial charge in [-0.2, -0.15) is 23.3 Å². The number of nitrogens with one attached hydrogen (secondary N) is 1. The maximum absolute atomic E-state index is 13.4. The summed E-state index contributed by atoms with van der Waals surface area (Å²) in [4.78, 5) is 36.6. The van der Waals surface area contributed by atoms with Crippen molar-refractivity contribution in [2.75, 3.05) is 19.5 Å². The molecule has 4 aromatic rings. The molecule has 0 fully saturated rings. The summed E-state index contributed by atoms with van der Waals surface area (Å²) in [7, 11) is 2.50. The molecule has 0 saturated heterocycles. The van der Waals surface area contributed by atoms with Crippen LogP contribution in [0.15, 0.2) is 48.8 Å². The molecular weight excluding hydrogens is 507 g/mol. The number of methoxy groups -OCH3 is 2. The number of amides is 1. The van der Waals surface area contributed by atoms with Crippen LogP contribution in [0.5, 0.6) is 5.88 Å². The number of aryl methyl sites for hydroxylation is 1. The van der Waals surface area contributed by atoms with Crippen molar-refractivity contribution in [2.24, 2.45) is 5.73 Å². The molecule has 0 spiro atoms. The number of esters is 1. The van der Waals surface area contributed by atoms with E-state index in [0.29, 0.717) is 5.69 Å². The number of pyridine rings is 1. The molecule has 1 amide bonds. The molecule has 3 N–H and O–H groups in total. The van der Waals surface area contributed by atoms with Gasteiger partial charge in [0.1, 0.15) is 5.56 Å². The monoisotopic (exact) mass is 527 g/mol. The average molecular weight is 527 g/mol. The predicted molar refractivity (Wildman–Crippen MR) is 128 cm³/mol. The highest BCUT2D eigenvalue weighted by atomic mass is 19.4. The van der Waals surface area contributed by atoms with Crippen LogP contribution in [-0.4, -0.2) is 50.8 Å². The Hall–Kier alpha value is -5.01. The Morgan fingerprint density at radius 3 is 2.47 bits per heavy atom. The maximum atomic E-state index is 13.4. The van der Waals surface area contributed by atoms with Gasteiger partial charge in [0.05, 0.1) is 14.2 Å². The second kappa shape index (κ2) is 10.2. The van der Waals surface area contributed by atoms with Gasteiger partial charge in [-0.05, 0) is 37.3 Å². The topological polar surface area (TPSA) is 147 Å². The van der Waals surface area contributed by atoms with Gasteiger partial charge in [-0.15, -0.1) is 0 Å². The van der Waals surface area contributed by atoms with Crippen molar-refractivity contribution in [1.29, 1.82) is 0 Å². The molecule has 38 heavy (non-hydrogen) atoms. The Morgan fingerprint density at radius 1 is 1.08 bits per heavy atom. The summed E-state index contributed by atoms with van der Waals surface area (Å²) in [5, 5.41) is 6.60. The van der Waals surface area contributed by atoms with Crippen LogP contribution in [0.25, 0.3) is 16.9 Å². The van der Waals surface area contributed by atoms with Crippen LogP contribution in [0.3, 0.4) is 0 Å². The number of anilines is 2. The first-order valence-corrected chi connectivity index (χ1v) is 10.8. The van der Waals surface area contributed by atoms with Crippen LogP contribution in [0.2, 0.25) is 0 Å². The third kappa shape index (κ3) is 5.23. The number of ether oxygens (including phenoxy) is 2. The normalized spacial score (nSPS) is 11.2. The minimum absolute atomic E-state index is 0.00897. The Labute approximate surface area is 213 Å². The molecule has 0 aliphatic heterocycles. The van der Waals surface area contributed by atoms with Crippen molar-refractivity contribution in [2.45, 2.75) is 13.1 Å². The molecule has 0 bridgehead atoms. The first kappa shape index (κ1) is 26.1. The lowest BCUT2D eigenvalue weighted by molar-refractivity contribution is -0.141. The number of primary amides is 1. The van der Waals surface area contributed by atoms with Crippen molar-refractivity contribution in [3.8, 4) is 22.8 Å². The Kier molecular flexibility index (Phi) is 6.97. The maximum Gasteiger partial charge on any atom is 0.435 e. The second-order valence-corrected chi connectivity index (χ2v) is 7.85. The number of rotatable bonds is 7. The van der Waals surface area contributed by atoms with Gasteiger partial charge in [0.25, 0.3) is 0 Å². The fourth-order valence-electron chi connectivity index (χ4n) is 3.52. The Bertz CT molecular complexity index is 1540. The highest BCUT2D eigenvalue weighted by Crippen LogP contribution is 2.33. The van der Waals surface area contributed by atoms with Crippen LogP contribution in [0.1, 0.15) is 32.1 Å². The lowest BCUT2D eigenvalue weighted by atomic mass is 10.1. The molecule has 11 nitrogen and oxygen atoms in total. The molecular formula is C24H20F3N7O4. The first-order chi connectivity index (χ1) is 18.0. The molecule has 0 atom stereocenters. The molecule has 3 heterocycles. The zero-order valence-electron chi connectivity index (χ0n) is 20.2. The quantitative estimate of drug-likeness (QED) is 0.343. The summed E-state index contributed by atoms with van der Waals surface area (Å²) in [6, 6.07) is 8.47. The SMILES string of the molecule is COC(=O)c1cc(-c2cnc(Nc3cccc(C(N)=O)c3)nc2-n2nc(C(F)(F)F)cc2C)cnc1OC. The number of nitrogens with two attached hydrogens (primary N) is 1. The molecule has 196 valence electrons. The van der Waals surface area contributed by atoms with Gasteiger partial charge in [0.15, 0.2) is 11.5 Å². The van der Waals surface area contributed by atoms with Crippen molar-refractivity contribution in [1.82, 2.24) is 24.7 Å². The van der Waals surface area contributed by atoms with Gasteiger partial charge in [-0.3, -0.25) is 4.79 Å². The summed E-state index contributed by atoms with van der Waals surface area (Å²) in [5.74, 6) is -1.44. The number of carbonyl (C=O) groups excluding carboxylic acids is 2. The molecule has 3 aromatic heterocycles. The summed E-state index contributed by atoms with van der Waals surface area (Å²) in [6.07, 6.45) is -2.01. The van der Waals surface area contributed by atoms with Crippen LogP contribution in [0.4, 0.5) is 24.8 Å². The van der Waals surface area contributed by atoms with Crippen LogP contribution < -0.4 is 15.8 Å². The fraction of sp³-hybridized carbons (Fsp3) is 0.167. The summed E-state index contributed by atoms with van der Waals surface area (Å²) >= 11 is 0. The van der Waals surface area contributed by atoms with Crippen molar-refractivity contribution >= 4 is 23.5 Å². The summed E-state index contributed by atoms with van der Waals surface area (Å²) < 4.78 is 51.2. The largest absolute Gasteiger partial charge is 0.480 e. The van der Waals surface area contributed by atoms with Crippen molar-refractivity contribution < 1.29 is 32.2 Å². The predicted octanol–water partition coefficient (Wildman–Crippen LogP) is 3.69. The Balaban J connectivity index is 1.88.